The number of aliphatic hydroxyl groups is 1. The Morgan fingerprint density at radius 3 is 2.03 bits per heavy atom. The molecule has 4 aliphatic carbocycles. The van der Waals surface area contributed by atoms with Crippen molar-refractivity contribution in [2.45, 2.75) is 143 Å². The fourth-order valence-electron chi connectivity index (χ4n) is 11.2. The van der Waals surface area contributed by atoms with E-state index < -0.39 is 5.60 Å². The molecule has 5 rings (SSSR count). The van der Waals surface area contributed by atoms with Crippen molar-refractivity contribution < 1.29 is 9.84 Å². The van der Waals surface area contributed by atoms with Crippen LogP contribution in [0, 0.1) is 45.3 Å². The molecule has 0 aromatic rings. The molecule has 0 aromatic carbocycles. The second kappa shape index (κ2) is 6.99. The van der Waals surface area contributed by atoms with E-state index in [4.69, 9.17) is 4.74 Å². The lowest BCUT2D eigenvalue weighted by Gasteiger charge is -2.69. The predicted molar refractivity (Wildman–Crippen MR) is 132 cm³/mol. The van der Waals surface area contributed by atoms with Crippen LogP contribution >= 0.6 is 0 Å². The van der Waals surface area contributed by atoms with E-state index in [1.807, 2.05) is 13.8 Å². The molecular formula is C30H52O2. The van der Waals surface area contributed by atoms with Crippen LogP contribution < -0.4 is 0 Å². The van der Waals surface area contributed by atoms with Crippen molar-refractivity contribution in [1.29, 1.82) is 0 Å². The standard InChI is InChI=1S/C30H52O2/c1-25(2)15-9-16-27(5)22(25)13-18-29(7)23(27)11-10-20-21(12-17-28(20,29)6)30(8)19-14-24(32-30)26(3,4)31/h20-24,31H,9-19H2,1-8H3/t20-,21-,22+,23-,24+,27+,28-,29-,30+/m1/s1. The summed E-state index contributed by atoms with van der Waals surface area (Å²) in [5.41, 5.74) is 1.17. The van der Waals surface area contributed by atoms with Gasteiger partial charge < -0.3 is 9.84 Å². The van der Waals surface area contributed by atoms with E-state index in [1.54, 1.807) is 0 Å². The minimum absolute atomic E-state index is 0.00916. The summed E-state index contributed by atoms with van der Waals surface area (Å²) in [6.07, 6.45) is 14.8. The van der Waals surface area contributed by atoms with Gasteiger partial charge in [0.05, 0.1) is 17.3 Å². The van der Waals surface area contributed by atoms with Crippen molar-refractivity contribution in [2.24, 2.45) is 45.3 Å². The minimum Gasteiger partial charge on any atom is -0.388 e. The molecule has 1 saturated heterocycles. The Bertz CT molecular complexity index is 750. The summed E-state index contributed by atoms with van der Waals surface area (Å²) in [5.74, 6) is 3.23. The van der Waals surface area contributed by atoms with Gasteiger partial charge in [-0.25, -0.2) is 0 Å². The van der Waals surface area contributed by atoms with E-state index >= 15 is 0 Å². The van der Waals surface area contributed by atoms with Gasteiger partial charge in [0.2, 0.25) is 0 Å². The van der Waals surface area contributed by atoms with Crippen molar-refractivity contribution in [2.75, 3.05) is 0 Å². The van der Waals surface area contributed by atoms with E-state index in [0.29, 0.717) is 27.6 Å². The van der Waals surface area contributed by atoms with E-state index in [-0.39, 0.29) is 11.7 Å². The Balaban J connectivity index is 1.44. The SMILES string of the molecule is CC(C)(O)[C@@H]1CC[C@@](C)([C@@H]2CC[C@]3(C)[C@@H]2CC[C@@H]2[C@@]4(C)CCCC(C)(C)[C@@H]4CC[C@]23C)O1. The first-order valence-corrected chi connectivity index (χ1v) is 14.1. The molecule has 5 fully saturated rings. The van der Waals surface area contributed by atoms with E-state index in [0.717, 1.165) is 30.6 Å². The third-order valence-electron chi connectivity index (χ3n) is 13.0. The molecule has 0 spiro atoms. The van der Waals surface area contributed by atoms with E-state index in [1.165, 1.54) is 57.8 Å². The zero-order chi connectivity index (χ0) is 23.4. The van der Waals surface area contributed by atoms with Crippen LogP contribution in [0.25, 0.3) is 0 Å². The molecular weight excluding hydrogens is 392 g/mol. The summed E-state index contributed by atoms with van der Waals surface area (Å²) in [5, 5.41) is 10.6. The average molecular weight is 445 g/mol. The molecule has 32 heavy (non-hydrogen) atoms. The molecule has 1 aliphatic heterocycles. The molecule has 9 atom stereocenters. The summed E-state index contributed by atoms with van der Waals surface area (Å²) < 4.78 is 6.74. The Morgan fingerprint density at radius 2 is 1.38 bits per heavy atom. The van der Waals surface area contributed by atoms with E-state index in [9.17, 15) is 5.11 Å². The number of rotatable bonds is 2. The summed E-state index contributed by atoms with van der Waals surface area (Å²) in [4.78, 5) is 0. The highest BCUT2D eigenvalue weighted by atomic mass is 16.5. The maximum absolute atomic E-state index is 10.6. The zero-order valence-corrected chi connectivity index (χ0v) is 22.5. The first kappa shape index (κ1) is 23.7. The molecule has 0 amide bonds. The van der Waals surface area contributed by atoms with Crippen molar-refractivity contribution in [3.63, 3.8) is 0 Å². The molecule has 0 aromatic heterocycles. The molecule has 2 nitrogen and oxygen atoms in total. The van der Waals surface area contributed by atoms with Crippen LogP contribution in [0.5, 0.6) is 0 Å². The summed E-state index contributed by atoms with van der Waals surface area (Å²) in [6.45, 7) is 19.6. The highest BCUT2D eigenvalue weighted by Crippen LogP contribution is 2.76. The zero-order valence-electron chi connectivity index (χ0n) is 22.5. The molecule has 0 bridgehead atoms. The van der Waals surface area contributed by atoms with Gasteiger partial charge >= 0.3 is 0 Å². The lowest BCUT2D eigenvalue weighted by atomic mass is 9.35. The van der Waals surface area contributed by atoms with Crippen LogP contribution in [0.2, 0.25) is 0 Å². The van der Waals surface area contributed by atoms with Gasteiger partial charge in [-0.05, 0) is 130 Å². The molecule has 5 aliphatic rings. The lowest BCUT2D eigenvalue weighted by molar-refractivity contribution is -0.211. The fraction of sp³-hybridized carbons (Fsp3) is 1.00. The van der Waals surface area contributed by atoms with Gasteiger partial charge in [-0.15, -0.1) is 0 Å². The highest BCUT2D eigenvalue weighted by Gasteiger charge is 2.69. The molecule has 0 radical (unpaired) electrons. The van der Waals surface area contributed by atoms with Crippen molar-refractivity contribution in [3.8, 4) is 0 Å². The van der Waals surface area contributed by atoms with Gasteiger partial charge in [0.15, 0.2) is 0 Å². The van der Waals surface area contributed by atoms with Gasteiger partial charge in [0.25, 0.3) is 0 Å². The number of ether oxygens (including phenoxy) is 1. The normalized spacial score (nSPS) is 55.2. The lowest BCUT2D eigenvalue weighted by Crippen LogP contribution is -2.62. The maximum atomic E-state index is 10.6. The monoisotopic (exact) mass is 444 g/mol. The summed E-state index contributed by atoms with van der Waals surface area (Å²) in [6, 6.07) is 0. The number of fused-ring (bicyclic) bond motifs is 5. The van der Waals surface area contributed by atoms with Crippen LogP contribution in [0.1, 0.15) is 126 Å². The fourth-order valence-corrected chi connectivity index (χ4v) is 11.2. The summed E-state index contributed by atoms with van der Waals surface area (Å²) in [7, 11) is 0. The van der Waals surface area contributed by atoms with Crippen LogP contribution in [0.4, 0.5) is 0 Å². The van der Waals surface area contributed by atoms with Crippen LogP contribution in [0.15, 0.2) is 0 Å². The van der Waals surface area contributed by atoms with Gasteiger partial charge in [-0.3, -0.25) is 0 Å². The Hall–Kier alpha value is -0.0800. The second-order valence-corrected chi connectivity index (χ2v) is 15.3. The van der Waals surface area contributed by atoms with Crippen LogP contribution in [-0.2, 0) is 4.74 Å². The van der Waals surface area contributed by atoms with Crippen molar-refractivity contribution in [1.82, 2.24) is 0 Å². The molecule has 1 heterocycles. The van der Waals surface area contributed by atoms with Gasteiger partial charge in [-0.2, -0.15) is 0 Å². The molecule has 1 N–H and O–H groups in total. The van der Waals surface area contributed by atoms with Gasteiger partial charge in [-0.1, -0.05) is 41.0 Å². The number of hydrogen-bond acceptors (Lipinski definition) is 2. The average Bonchev–Trinajstić information content (AvgIpc) is 3.23. The van der Waals surface area contributed by atoms with Crippen molar-refractivity contribution >= 4 is 0 Å². The first-order valence-electron chi connectivity index (χ1n) is 14.1. The Morgan fingerprint density at radius 1 is 0.688 bits per heavy atom. The van der Waals surface area contributed by atoms with E-state index in [2.05, 4.69) is 41.5 Å². The van der Waals surface area contributed by atoms with Crippen molar-refractivity contribution in [3.05, 3.63) is 0 Å². The predicted octanol–water partition coefficient (Wildman–Crippen LogP) is 7.77. The third kappa shape index (κ3) is 3.03. The Labute approximate surface area is 198 Å². The van der Waals surface area contributed by atoms with Crippen LogP contribution in [-0.4, -0.2) is 22.4 Å². The van der Waals surface area contributed by atoms with Gasteiger partial charge in [0, 0.05) is 0 Å². The Kier molecular flexibility index (Phi) is 5.17. The molecule has 0 unspecified atom stereocenters. The smallest absolute Gasteiger partial charge is 0.0865 e. The van der Waals surface area contributed by atoms with Crippen LogP contribution in [0.3, 0.4) is 0 Å². The first-order chi connectivity index (χ1) is 14.7. The minimum atomic E-state index is -0.732. The molecule has 2 heteroatoms. The topological polar surface area (TPSA) is 29.5 Å². The molecule has 4 saturated carbocycles. The highest BCUT2D eigenvalue weighted by molar-refractivity contribution is 5.18. The number of hydrogen-bond donors (Lipinski definition) is 1. The van der Waals surface area contributed by atoms with Gasteiger partial charge in [0.1, 0.15) is 0 Å². The second-order valence-electron chi connectivity index (χ2n) is 15.3. The quantitative estimate of drug-likeness (QED) is 0.471. The summed E-state index contributed by atoms with van der Waals surface area (Å²) >= 11 is 0. The third-order valence-corrected chi connectivity index (χ3v) is 13.0. The largest absolute Gasteiger partial charge is 0.388 e. The maximum Gasteiger partial charge on any atom is 0.0865 e. The molecule has 184 valence electrons.